The Hall–Kier alpha value is -3.27. The predicted octanol–water partition coefficient (Wildman–Crippen LogP) is 5.70. The van der Waals surface area contributed by atoms with Crippen LogP contribution in [0.4, 0.5) is 15.1 Å². The molecule has 4 aromatic rings. The monoisotopic (exact) mass is 529 g/mol. The number of fused-ring (bicyclic) bond motifs is 1. The zero-order valence-electron chi connectivity index (χ0n) is 16.2. The summed E-state index contributed by atoms with van der Waals surface area (Å²) in [5, 5.41) is 2.89. The predicted molar refractivity (Wildman–Crippen MR) is 123 cm³/mol. The Balaban J connectivity index is 1.47. The summed E-state index contributed by atoms with van der Waals surface area (Å²) >= 11 is 1.88. The normalized spacial score (nSPS) is 10.6. The Kier molecular flexibility index (Phi) is 6.56. The Morgan fingerprint density at radius 2 is 1.65 bits per heavy atom. The number of nitrogens with zero attached hydrogens (tertiary/aromatic N) is 2. The first-order valence-electron chi connectivity index (χ1n) is 9.39. The lowest BCUT2D eigenvalue weighted by atomic mass is 10.2. The van der Waals surface area contributed by atoms with Crippen LogP contribution in [0.1, 0.15) is 11.1 Å². The van der Waals surface area contributed by atoms with Crippen LogP contribution < -0.4 is 10.1 Å². The highest BCUT2D eigenvalue weighted by molar-refractivity contribution is 14.1. The molecule has 8 heteroatoms. The van der Waals surface area contributed by atoms with Crippen LogP contribution in [0, 0.1) is 9.39 Å². The van der Waals surface area contributed by atoms with Crippen LogP contribution in [0.3, 0.4) is 0 Å². The number of rotatable bonds is 6. The second-order valence-electron chi connectivity index (χ2n) is 6.60. The van der Waals surface area contributed by atoms with Crippen LogP contribution in [-0.2, 0) is 18.0 Å². The minimum absolute atomic E-state index is 0.0433. The average molecular weight is 529 g/mol. The Morgan fingerprint density at radius 1 is 1.00 bits per heavy atom. The molecule has 0 aliphatic rings. The second kappa shape index (κ2) is 9.69. The molecule has 3 aromatic carbocycles. The number of benzene rings is 3. The molecule has 0 aliphatic carbocycles. The fraction of sp³-hybridized carbons (Fsp3) is 0.0870. The molecule has 0 saturated heterocycles. The summed E-state index contributed by atoms with van der Waals surface area (Å²) in [6.45, 7) is 0.421. The van der Waals surface area contributed by atoms with Crippen molar-refractivity contribution in [1.82, 2.24) is 9.97 Å². The highest BCUT2D eigenvalue weighted by atomic mass is 127. The molecule has 0 aliphatic heterocycles. The quantitative estimate of drug-likeness (QED) is 0.325. The molecule has 0 radical (unpaired) electrons. The molecule has 0 bridgehead atoms. The van der Waals surface area contributed by atoms with Gasteiger partial charge in [0.15, 0.2) is 5.82 Å². The van der Waals surface area contributed by atoms with E-state index in [1.165, 1.54) is 6.20 Å². The van der Waals surface area contributed by atoms with Crippen molar-refractivity contribution < 1.29 is 18.7 Å². The standard InChI is InChI=1S/C23H17FIN3O3/c24-19-20(25)18(30-13-15-7-3-1-4-8-15)11-17-12-26-22(27-21(17)19)28-23(29)31-14-16-9-5-2-6-10-16/h1-12H,13-14H2,(H,26,27,28,29). The molecule has 31 heavy (non-hydrogen) atoms. The number of carbonyl (C=O) groups is 1. The van der Waals surface area contributed by atoms with Crippen LogP contribution in [-0.4, -0.2) is 16.1 Å². The zero-order valence-corrected chi connectivity index (χ0v) is 18.4. The first kappa shape index (κ1) is 21.0. The van der Waals surface area contributed by atoms with E-state index in [9.17, 15) is 9.18 Å². The molecule has 1 aromatic heterocycles. The van der Waals surface area contributed by atoms with Crippen molar-refractivity contribution in [2.24, 2.45) is 0 Å². The van der Waals surface area contributed by atoms with Gasteiger partial charge in [-0.25, -0.2) is 19.2 Å². The van der Waals surface area contributed by atoms with Crippen molar-refractivity contribution in [3.05, 3.63) is 93.4 Å². The summed E-state index contributed by atoms with van der Waals surface area (Å²) in [5.74, 6) is -0.177. The maximum atomic E-state index is 14.9. The van der Waals surface area contributed by atoms with Crippen LogP contribution in [0.15, 0.2) is 72.9 Å². The lowest BCUT2D eigenvalue weighted by molar-refractivity contribution is 0.155. The third kappa shape index (κ3) is 5.26. The number of ether oxygens (including phenoxy) is 2. The Bertz CT molecular complexity index is 1210. The second-order valence-corrected chi connectivity index (χ2v) is 7.67. The van der Waals surface area contributed by atoms with Gasteiger partial charge >= 0.3 is 6.09 Å². The molecular formula is C23H17FIN3O3. The first-order chi connectivity index (χ1) is 15.1. The van der Waals surface area contributed by atoms with Gasteiger partial charge in [0.2, 0.25) is 5.95 Å². The van der Waals surface area contributed by atoms with E-state index in [4.69, 9.17) is 9.47 Å². The summed E-state index contributed by atoms with van der Waals surface area (Å²) in [5.41, 5.74) is 1.91. The fourth-order valence-electron chi connectivity index (χ4n) is 2.84. The van der Waals surface area contributed by atoms with E-state index < -0.39 is 11.9 Å². The van der Waals surface area contributed by atoms with Gasteiger partial charge in [-0.3, -0.25) is 5.32 Å². The highest BCUT2D eigenvalue weighted by Gasteiger charge is 2.16. The molecule has 0 saturated carbocycles. The SMILES string of the molecule is O=C(Nc1ncc2cc(OCc3ccccc3)c(I)c(F)c2n1)OCc1ccccc1. The molecule has 1 N–H and O–H groups in total. The number of amides is 1. The average Bonchev–Trinajstić information content (AvgIpc) is 2.81. The van der Waals surface area contributed by atoms with E-state index in [1.807, 2.05) is 83.3 Å². The van der Waals surface area contributed by atoms with E-state index in [1.54, 1.807) is 6.07 Å². The molecule has 1 heterocycles. The maximum absolute atomic E-state index is 14.9. The minimum atomic E-state index is -0.721. The number of hydrogen-bond donors (Lipinski definition) is 1. The minimum Gasteiger partial charge on any atom is -0.488 e. The summed E-state index contributed by atoms with van der Waals surface area (Å²) < 4.78 is 26.2. The van der Waals surface area contributed by atoms with E-state index >= 15 is 0 Å². The van der Waals surface area contributed by atoms with Crippen molar-refractivity contribution >= 4 is 45.5 Å². The smallest absolute Gasteiger partial charge is 0.414 e. The number of aromatic nitrogens is 2. The first-order valence-corrected chi connectivity index (χ1v) is 10.5. The van der Waals surface area contributed by atoms with Crippen molar-refractivity contribution in [2.75, 3.05) is 5.32 Å². The van der Waals surface area contributed by atoms with Crippen molar-refractivity contribution in [1.29, 1.82) is 0 Å². The maximum Gasteiger partial charge on any atom is 0.414 e. The van der Waals surface area contributed by atoms with Gasteiger partial charge in [0.25, 0.3) is 0 Å². The van der Waals surface area contributed by atoms with Gasteiger partial charge in [0.05, 0.1) is 3.57 Å². The van der Waals surface area contributed by atoms with Crippen LogP contribution >= 0.6 is 22.6 Å². The Labute approximate surface area is 191 Å². The van der Waals surface area contributed by atoms with E-state index in [2.05, 4.69) is 15.3 Å². The summed E-state index contributed by atoms with van der Waals surface area (Å²) in [7, 11) is 0. The number of halogens is 2. The molecule has 0 spiro atoms. The molecule has 1 amide bonds. The van der Waals surface area contributed by atoms with Gasteiger partial charge < -0.3 is 9.47 Å². The number of anilines is 1. The summed E-state index contributed by atoms with van der Waals surface area (Å²) in [6, 6.07) is 20.6. The van der Waals surface area contributed by atoms with Gasteiger partial charge in [0.1, 0.15) is 24.5 Å². The Morgan fingerprint density at radius 3 is 2.32 bits per heavy atom. The van der Waals surface area contributed by atoms with Gasteiger partial charge in [-0.05, 0) is 39.8 Å². The van der Waals surface area contributed by atoms with Gasteiger partial charge in [0, 0.05) is 11.6 Å². The zero-order chi connectivity index (χ0) is 21.6. The number of carbonyl (C=O) groups excluding carboxylic acids is 1. The number of hydrogen-bond acceptors (Lipinski definition) is 5. The molecular weight excluding hydrogens is 512 g/mol. The third-order valence-electron chi connectivity index (χ3n) is 4.38. The molecule has 0 unspecified atom stereocenters. The topological polar surface area (TPSA) is 73.3 Å². The summed E-state index contributed by atoms with van der Waals surface area (Å²) in [6.07, 6.45) is 0.713. The van der Waals surface area contributed by atoms with Crippen molar-refractivity contribution in [3.8, 4) is 5.75 Å². The van der Waals surface area contributed by atoms with Gasteiger partial charge in [-0.15, -0.1) is 0 Å². The molecule has 0 atom stereocenters. The third-order valence-corrected chi connectivity index (χ3v) is 5.39. The lowest BCUT2D eigenvalue weighted by Gasteiger charge is -2.11. The summed E-state index contributed by atoms with van der Waals surface area (Å²) in [4.78, 5) is 20.2. The highest BCUT2D eigenvalue weighted by Crippen LogP contribution is 2.31. The van der Waals surface area contributed by atoms with Crippen LogP contribution in [0.5, 0.6) is 5.75 Å². The number of nitrogens with one attached hydrogen (secondary N) is 1. The van der Waals surface area contributed by atoms with Crippen LogP contribution in [0.25, 0.3) is 10.9 Å². The molecule has 156 valence electrons. The molecule has 6 nitrogen and oxygen atoms in total. The van der Waals surface area contributed by atoms with E-state index in [-0.39, 0.29) is 18.1 Å². The lowest BCUT2D eigenvalue weighted by Crippen LogP contribution is -2.15. The van der Waals surface area contributed by atoms with Gasteiger partial charge in [-0.1, -0.05) is 60.7 Å². The van der Waals surface area contributed by atoms with Crippen LogP contribution in [0.2, 0.25) is 0 Å². The van der Waals surface area contributed by atoms with Gasteiger partial charge in [-0.2, -0.15) is 0 Å². The fourth-order valence-corrected chi connectivity index (χ4v) is 3.41. The van der Waals surface area contributed by atoms with Crippen molar-refractivity contribution in [2.45, 2.75) is 13.2 Å². The molecule has 0 fully saturated rings. The molecule has 4 rings (SSSR count). The largest absolute Gasteiger partial charge is 0.488 e. The van der Waals surface area contributed by atoms with E-state index in [0.717, 1.165) is 11.1 Å². The van der Waals surface area contributed by atoms with Crippen molar-refractivity contribution in [3.63, 3.8) is 0 Å². The van der Waals surface area contributed by atoms with E-state index in [0.29, 0.717) is 21.3 Å².